The standard InChI is InChI=1S/C23H18O2/c1-2-25-17-13-11-16(12-14-17)15-22-18-7-3-5-9-20(18)23(24)21-10-6-4-8-19(21)22/h3-15H,2H2,1H3. The van der Waals surface area contributed by atoms with Crippen molar-refractivity contribution < 1.29 is 9.53 Å². The zero-order chi connectivity index (χ0) is 17.2. The van der Waals surface area contributed by atoms with E-state index in [1.54, 1.807) is 0 Å². The molecule has 0 amide bonds. The van der Waals surface area contributed by atoms with Crippen LogP contribution in [0.15, 0.2) is 72.8 Å². The molecule has 0 aliphatic heterocycles. The Kier molecular flexibility index (Phi) is 3.95. The molecule has 25 heavy (non-hydrogen) atoms. The highest BCUT2D eigenvalue weighted by molar-refractivity contribution is 6.20. The molecule has 4 rings (SSSR count). The normalized spacial score (nSPS) is 12.4. The first-order valence-corrected chi connectivity index (χ1v) is 8.46. The summed E-state index contributed by atoms with van der Waals surface area (Å²) in [5.41, 5.74) is 5.66. The van der Waals surface area contributed by atoms with E-state index in [1.807, 2.05) is 79.7 Å². The van der Waals surface area contributed by atoms with Crippen LogP contribution in [0.4, 0.5) is 0 Å². The summed E-state index contributed by atoms with van der Waals surface area (Å²) in [6.07, 6.45) is 2.14. The summed E-state index contributed by atoms with van der Waals surface area (Å²) in [6.45, 7) is 2.63. The van der Waals surface area contributed by atoms with Gasteiger partial charge in [-0.25, -0.2) is 0 Å². The van der Waals surface area contributed by atoms with Gasteiger partial charge in [-0.1, -0.05) is 60.7 Å². The molecule has 0 spiro atoms. The molecule has 0 N–H and O–H groups in total. The van der Waals surface area contributed by atoms with Crippen LogP contribution in [0.2, 0.25) is 0 Å². The van der Waals surface area contributed by atoms with Gasteiger partial charge in [-0.15, -0.1) is 0 Å². The fourth-order valence-corrected chi connectivity index (χ4v) is 3.27. The van der Waals surface area contributed by atoms with Crippen LogP contribution in [0.1, 0.15) is 39.5 Å². The Morgan fingerprint density at radius 3 is 1.80 bits per heavy atom. The first kappa shape index (κ1) is 15.4. The Hall–Kier alpha value is -3.13. The third-order valence-corrected chi connectivity index (χ3v) is 4.43. The summed E-state index contributed by atoms with van der Waals surface area (Å²) < 4.78 is 5.51. The minimum Gasteiger partial charge on any atom is -0.494 e. The number of fused-ring (bicyclic) bond motifs is 2. The molecule has 2 heteroatoms. The summed E-state index contributed by atoms with van der Waals surface area (Å²) in [4.78, 5) is 12.8. The van der Waals surface area contributed by atoms with E-state index in [0.717, 1.165) is 39.1 Å². The Morgan fingerprint density at radius 1 is 0.760 bits per heavy atom. The van der Waals surface area contributed by atoms with E-state index < -0.39 is 0 Å². The van der Waals surface area contributed by atoms with Crippen LogP contribution in [0, 0.1) is 0 Å². The smallest absolute Gasteiger partial charge is 0.194 e. The molecule has 1 aliphatic rings. The number of carbonyl (C=O) groups is 1. The van der Waals surface area contributed by atoms with Crippen molar-refractivity contribution in [2.75, 3.05) is 6.61 Å². The van der Waals surface area contributed by atoms with Crippen LogP contribution >= 0.6 is 0 Å². The van der Waals surface area contributed by atoms with Crippen molar-refractivity contribution >= 4 is 17.4 Å². The Balaban J connectivity index is 1.86. The van der Waals surface area contributed by atoms with Gasteiger partial charge in [-0.05, 0) is 47.4 Å². The molecule has 0 aromatic heterocycles. The molecule has 0 radical (unpaired) electrons. The van der Waals surface area contributed by atoms with Gasteiger partial charge in [0.2, 0.25) is 0 Å². The molecule has 1 aliphatic carbocycles. The van der Waals surface area contributed by atoms with Gasteiger partial charge < -0.3 is 4.74 Å². The third-order valence-electron chi connectivity index (χ3n) is 4.43. The minimum atomic E-state index is 0.0926. The number of ether oxygens (including phenoxy) is 1. The molecule has 0 saturated heterocycles. The molecule has 3 aromatic rings. The quantitative estimate of drug-likeness (QED) is 0.516. The van der Waals surface area contributed by atoms with Gasteiger partial charge in [-0.3, -0.25) is 4.79 Å². The van der Waals surface area contributed by atoms with Gasteiger partial charge in [0.15, 0.2) is 5.78 Å². The highest BCUT2D eigenvalue weighted by atomic mass is 16.5. The monoisotopic (exact) mass is 326 g/mol. The second kappa shape index (κ2) is 6.40. The summed E-state index contributed by atoms with van der Waals surface area (Å²) in [5, 5.41) is 0. The summed E-state index contributed by atoms with van der Waals surface area (Å²) in [6, 6.07) is 23.7. The van der Waals surface area contributed by atoms with Gasteiger partial charge in [0.05, 0.1) is 6.61 Å². The lowest BCUT2D eigenvalue weighted by Crippen LogP contribution is -2.14. The zero-order valence-electron chi connectivity index (χ0n) is 14.0. The zero-order valence-corrected chi connectivity index (χ0v) is 14.0. The molecule has 0 unspecified atom stereocenters. The van der Waals surface area contributed by atoms with Crippen molar-refractivity contribution in [2.45, 2.75) is 6.92 Å². The first-order valence-electron chi connectivity index (χ1n) is 8.46. The van der Waals surface area contributed by atoms with Gasteiger partial charge >= 0.3 is 0 Å². The molecule has 0 bridgehead atoms. The topological polar surface area (TPSA) is 26.3 Å². The van der Waals surface area contributed by atoms with E-state index >= 15 is 0 Å². The van der Waals surface area contributed by atoms with Gasteiger partial charge in [0.25, 0.3) is 0 Å². The van der Waals surface area contributed by atoms with Gasteiger partial charge in [0, 0.05) is 11.1 Å². The molecule has 0 heterocycles. The molecule has 0 atom stereocenters. The second-order valence-electron chi connectivity index (χ2n) is 5.98. The Bertz CT molecular complexity index is 914. The summed E-state index contributed by atoms with van der Waals surface area (Å²) in [7, 11) is 0. The van der Waals surface area contributed by atoms with Crippen LogP contribution in [0.3, 0.4) is 0 Å². The van der Waals surface area contributed by atoms with Crippen molar-refractivity contribution in [1.29, 1.82) is 0 Å². The van der Waals surface area contributed by atoms with E-state index in [-0.39, 0.29) is 5.78 Å². The van der Waals surface area contributed by atoms with Crippen molar-refractivity contribution in [3.8, 4) is 5.75 Å². The van der Waals surface area contributed by atoms with E-state index in [1.165, 1.54) is 0 Å². The van der Waals surface area contributed by atoms with Crippen LogP contribution < -0.4 is 4.74 Å². The van der Waals surface area contributed by atoms with Gasteiger partial charge in [0.1, 0.15) is 5.75 Å². The number of ketones is 1. The van der Waals surface area contributed by atoms with E-state index in [0.29, 0.717) is 6.61 Å². The van der Waals surface area contributed by atoms with Crippen molar-refractivity contribution in [2.24, 2.45) is 0 Å². The summed E-state index contributed by atoms with van der Waals surface area (Å²) >= 11 is 0. The fourth-order valence-electron chi connectivity index (χ4n) is 3.27. The second-order valence-corrected chi connectivity index (χ2v) is 5.98. The van der Waals surface area contributed by atoms with Crippen LogP contribution in [0.25, 0.3) is 11.6 Å². The average molecular weight is 326 g/mol. The molecule has 3 aromatic carbocycles. The van der Waals surface area contributed by atoms with Crippen LogP contribution in [-0.2, 0) is 0 Å². The fraction of sp³-hybridized carbons (Fsp3) is 0.0870. The maximum Gasteiger partial charge on any atom is 0.194 e. The molecular weight excluding hydrogens is 308 g/mol. The number of rotatable bonds is 3. The van der Waals surface area contributed by atoms with Crippen molar-refractivity contribution in [1.82, 2.24) is 0 Å². The van der Waals surface area contributed by atoms with Crippen LogP contribution in [0.5, 0.6) is 5.75 Å². The molecule has 0 saturated carbocycles. The molecule has 2 nitrogen and oxygen atoms in total. The van der Waals surface area contributed by atoms with E-state index in [2.05, 4.69) is 6.08 Å². The first-order chi connectivity index (χ1) is 12.3. The van der Waals surface area contributed by atoms with E-state index in [9.17, 15) is 4.79 Å². The highest BCUT2D eigenvalue weighted by Gasteiger charge is 2.25. The lowest BCUT2D eigenvalue weighted by atomic mass is 9.81. The number of hydrogen-bond donors (Lipinski definition) is 0. The lowest BCUT2D eigenvalue weighted by Gasteiger charge is -2.21. The molecule has 122 valence electrons. The largest absolute Gasteiger partial charge is 0.494 e. The molecular formula is C23H18O2. The van der Waals surface area contributed by atoms with Crippen molar-refractivity contribution in [3.05, 3.63) is 101 Å². The number of hydrogen-bond acceptors (Lipinski definition) is 2. The predicted molar refractivity (Wildman–Crippen MR) is 101 cm³/mol. The Labute approximate surface area is 147 Å². The van der Waals surface area contributed by atoms with Gasteiger partial charge in [-0.2, -0.15) is 0 Å². The van der Waals surface area contributed by atoms with Crippen molar-refractivity contribution in [3.63, 3.8) is 0 Å². The Morgan fingerprint density at radius 2 is 1.28 bits per heavy atom. The highest BCUT2D eigenvalue weighted by Crippen LogP contribution is 2.37. The maximum absolute atomic E-state index is 12.8. The third kappa shape index (κ3) is 2.76. The maximum atomic E-state index is 12.8. The average Bonchev–Trinajstić information content (AvgIpc) is 2.67. The lowest BCUT2D eigenvalue weighted by molar-refractivity contribution is 0.103. The van der Waals surface area contributed by atoms with E-state index in [4.69, 9.17) is 4.74 Å². The predicted octanol–water partition coefficient (Wildman–Crippen LogP) is 5.22. The SMILES string of the molecule is CCOc1ccc(C=C2c3ccccc3C(=O)c3ccccc32)cc1. The number of benzene rings is 3. The number of carbonyl (C=O) groups excluding carboxylic acids is 1. The summed E-state index contributed by atoms with van der Waals surface area (Å²) in [5.74, 6) is 0.958. The molecule has 0 fully saturated rings. The minimum absolute atomic E-state index is 0.0926. The van der Waals surface area contributed by atoms with Crippen LogP contribution in [-0.4, -0.2) is 12.4 Å².